The molecule has 10 nitrogen and oxygen atoms in total. The van der Waals surface area contributed by atoms with Crippen LogP contribution in [-0.4, -0.2) is 53.4 Å². The summed E-state index contributed by atoms with van der Waals surface area (Å²) in [4.78, 5) is 28.3. The quantitative estimate of drug-likeness (QED) is 0.289. The standard InChI is InChI=1S/C11H15NO2S.C9H10ClN5O2/c1-7-5-9(14-11(13)12-3)6-8(2)10(7)15-4;10-8-2-1-7(5-12-8)6-14-4-3-11-9(14)13-15(16)17/h5-6H,1-4H3,(H,12,13);1-2,5H,3-4,6H2,(H,11,13). The second-order valence-electron chi connectivity index (χ2n) is 6.73. The SMILES string of the molecule is CNC(=O)Oc1cc(C)c(SC)c(C)c1.O=[N+]([O-])/N=C1\NCCN1Cc1ccc(Cl)nc1. The van der Waals surface area contributed by atoms with Crippen LogP contribution in [0.1, 0.15) is 16.7 Å². The molecule has 0 spiro atoms. The molecule has 0 radical (unpaired) electrons. The summed E-state index contributed by atoms with van der Waals surface area (Å²) in [5.41, 5.74) is 3.18. The zero-order chi connectivity index (χ0) is 23.7. The van der Waals surface area contributed by atoms with Crippen LogP contribution in [0.3, 0.4) is 0 Å². The summed E-state index contributed by atoms with van der Waals surface area (Å²) >= 11 is 7.37. The molecule has 1 fully saturated rings. The summed E-state index contributed by atoms with van der Waals surface area (Å²) in [7, 11) is 1.54. The monoisotopic (exact) mass is 480 g/mol. The van der Waals surface area contributed by atoms with E-state index in [9.17, 15) is 14.9 Å². The molecule has 12 heteroatoms. The number of carbonyl (C=O) groups excluding carboxylic acids is 1. The van der Waals surface area contributed by atoms with Gasteiger partial charge in [0.15, 0.2) is 5.03 Å². The third-order valence-electron chi connectivity index (χ3n) is 4.36. The van der Waals surface area contributed by atoms with Crippen molar-refractivity contribution in [2.75, 3.05) is 26.4 Å². The van der Waals surface area contributed by atoms with E-state index in [4.69, 9.17) is 16.3 Å². The van der Waals surface area contributed by atoms with E-state index in [0.717, 1.165) is 16.7 Å². The Labute approximate surface area is 195 Å². The van der Waals surface area contributed by atoms with Crippen molar-refractivity contribution in [2.24, 2.45) is 5.10 Å². The molecule has 2 aromatic rings. The molecule has 1 amide bonds. The third-order valence-corrected chi connectivity index (χ3v) is 5.63. The number of halogens is 1. The van der Waals surface area contributed by atoms with Gasteiger partial charge in [0.25, 0.3) is 5.96 Å². The number of thioether (sulfide) groups is 1. The molecule has 172 valence electrons. The lowest BCUT2D eigenvalue weighted by atomic mass is 10.1. The highest BCUT2D eigenvalue weighted by molar-refractivity contribution is 7.98. The molecule has 1 saturated heterocycles. The maximum Gasteiger partial charge on any atom is 0.412 e. The van der Waals surface area contributed by atoms with Gasteiger partial charge in [0, 0.05) is 37.8 Å². The van der Waals surface area contributed by atoms with E-state index in [-0.39, 0.29) is 5.96 Å². The van der Waals surface area contributed by atoms with E-state index in [1.54, 1.807) is 28.9 Å². The van der Waals surface area contributed by atoms with Gasteiger partial charge in [0.1, 0.15) is 16.0 Å². The van der Waals surface area contributed by atoms with Gasteiger partial charge in [-0.05, 0) is 55.0 Å². The number of nitrogens with zero attached hydrogens (tertiary/aromatic N) is 4. The molecule has 0 bridgehead atoms. The molecule has 1 aliphatic rings. The van der Waals surface area contributed by atoms with Crippen LogP contribution in [0.4, 0.5) is 4.79 Å². The number of amides is 1. The molecular weight excluding hydrogens is 456 g/mol. The average Bonchev–Trinajstić information content (AvgIpc) is 3.15. The van der Waals surface area contributed by atoms with Gasteiger partial charge in [-0.2, -0.15) is 0 Å². The summed E-state index contributed by atoms with van der Waals surface area (Å²) in [6, 6.07) is 7.25. The Balaban J connectivity index is 0.000000229. The summed E-state index contributed by atoms with van der Waals surface area (Å²) in [5, 5.41) is 18.6. The number of rotatable bonds is 5. The van der Waals surface area contributed by atoms with E-state index in [1.807, 2.05) is 38.3 Å². The molecule has 0 atom stereocenters. The number of nitrogens with one attached hydrogen (secondary N) is 2. The number of ether oxygens (including phenoxy) is 1. The zero-order valence-corrected chi connectivity index (χ0v) is 19.8. The van der Waals surface area contributed by atoms with Crippen LogP contribution in [-0.2, 0) is 6.54 Å². The Bertz CT molecular complexity index is 964. The molecule has 0 unspecified atom stereocenters. The van der Waals surface area contributed by atoms with E-state index < -0.39 is 11.1 Å². The number of hydrogen-bond donors (Lipinski definition) is 2. The van der Waals surface area contributed by atoms with Crippen LogP contribution < -0.4 is 15.4 Å². The molecule has 32 heavy (non-hydrogen) atoms. The maximum atomic E-state index is 11.0. The van der Waals surface area contributed by atoms with E-state index in [2.05, 4.69) is 20.7 Å². The Morgan fingerprint density at radius 1 is 1.41 bits per heavy atom. The molecule has 1 aliphatic heterocycles. The van der Waals surface area contributed by atoms with Gasteiger partial charge in [-0.3, -0.25) is 0 Å². The van der Waals surface area contributed by atoms with Crippen LogP contribution in [0.5, 0.6) is 5.75 Å². The Kier molecular flexibility index (Phi) is 9.54. The van der Waals surface area contributed by atoms with E-state index in [0.29, 0.717) is 30.5 Å². The highest BCUT2D eigenvalue weighted by Gasteiger charge is 2.21. The molecule has 2 N–H and O–H groups in total. The Morgan fingerprint density at radius 2 is 2.09 bits per heavy atom. The van der Waals surface area contributed by atoms with Crippen LogP contribution in [0.15, 0.2) is 40.5 Å². The molecule has 1 aromatic carbocycles. The van der Waals surface area contributed by atoms with Crippen molar-refractivity contribution in [3.8, 4) is 5.75 Å². The van der Waals surface area contributed by atoms with Crippen molar-refractivity contribution >= 4 is 35.4 Å². The first-order valence-electron chi connectivity index (χ1n) is 9.60. The van der Waals surface area contributed by atoms with Gasteiger partial charge < -0.3 is 20.3 Å². The number of nitro groups is 1. The van der Waals surface area contributed by atoms with Crippen molar-refractivity contribution in [2.45, 2.75) is 25.3 Å². The maximum absolute atomic E-state index is 11.0. The van der Waals surface area contributed by atoms with Crippen LogP contribution in [0, 0.1) is 24.0 Å². The number of aromatic nitrogens is 1. The fourth-order valence-electron chi connectivity index (χ4n) is 3.02. The highest BCUT2D eigenvalue weighted by atomic mass is 35.5. The normalized spacial score (nSPS) is 13.8. The van der Waals surface area contributed by atoms with Crippen molar-refractivity contribution in [1.82, 2.24) is 20.5 Å². The summed E-state index contributed by atoms with van der Waals surface area (Å²) < 4.78 is 5.07. The zero-order valence-electron chi connectivity index (χ0n) is 18.2. The number of carbonyl (C=O) groups is 1. The minimum Gasteiger partial charge on any atom is -0.410 e. The molecule has 1 aromatic heterocycles. The molecular formula is C20H25ClN6O4S. The highest BCUT2D eigenvalue weighted by Crippen LogP contribution is 2.28. The van der Waals surface area contributed by atoms with Crippen molar-refractivity contribution in [3.05, 3.63) is 62.4 Å². The Morgan fingerprint density at radius 3 is 2.62 bits per heavy atom. The summed E-state index contributed by atoms with van der Waals surface area (Å²) in [6.45, 7) is 5.86. The second kappa shape index (κ2) is 12.1. The first kappa shape index (κ1) is 25.2. The fraction of sp³-hybridized carbons (Fsp3) is 0.350. The Hall–Kier alpha value is -3.05. The van der Waals surface area contributed by atoms with E-state index in [1.165, 1.54) is 11.9 Å². The van der Waals surface area contributed by atoms with Gasteiger partial charge in [-0.15, -0.1) is 11.8 Å². The first-order chi connectivity index (χ1) is 15.2. The first-order valence-corrected chi connectivity index (χ1v) is 11.2. The molecule has 0 saturated carbocycles. The number of aryl methyl sites for hydroxylation is 2. The summed E-state index contributed by atoms with van der Waals surface area (Å²) in [5.74, 6) is 0.868. The van der Waals surface area contributed by atoms with Crippen molar-refractivity contribution in [1.29, 1.82) is 0 Å². The van der Waals surface area contributed by atoms with Crippen LogP contribution in [0.25, 0.3) is 0 Å². The van der Waals surface area contributed by atoms with Gasteiger partial charge in [-0.25, -0.2) is 19.9 Å². The number of pyridine rings is 1. The van der Waals surface area contributed by atoms with Gasteiger partial charge >= 0.3 is 6.09 Å². The second-order valence-corrected chi connectivity index (χ2v) is 7.93. The third kappa shape index (κ3) is 7.57. The molecule has 0 aliphatic carbocycles. The lowest BCUT2D eigenvalue weighted by molar-refractivity contribution is -0.485. The van der Waals surface area contributed by atoms with Gasteiger partial charge in [-0.1, -0.05) is 17.7 Å². The smallest absolute Gasteiger partial charge is 0.410 e. The van der Waals surface area contributed by atoms with Gasteiger partial charge in [0.05, 0.1) is 0 Å². The number of hydrazone groups is 1. The predicted molar refractivity (Wildman–Crippen MR) is 125 cm³/mol. The number of hydrogen-bond acceptors (Lipinski definition) is 6. The fourth-order valence-corrected chi connectivity index (χ4v) is 3.89. The summed E-state index contributed by atoms with van der Waals surface area (Å²) in [6.07, 6.45) is 3.24. The lowest BCUT2D eigenvalue weighted by Gasteiger charge is -2.14. The largest absolute Gasteiger partial charge is 0.412 e. The van der Waals surface area contributed by atoms with Crippen LogP contribution >= 0.6 is 23.4 Å². The average molecular weight is 481 g/mol. The predicted octanol–water partition coefficient (Wildman–Crippen LogP) is 3.43. The van der Waals surface area contributed by atoms with Crippen molar-refractivity contribution < 1.29 is 14.6 Å². The van der Waals surface area contributed by atoms with Gasteiger partial charge in [0.2, 0.25) is 0 Å². The minimum absolute atomic E-state index is 0.282. The molecule has 3 rings (SSSR count). The number of guanidine groups is 1. The van der Waals surface area contributed by atoms with Crippen molar-refractivity contribution in [3.63, 3.8) is 0 Å². The lowest BCUT2D eigenvalue weighted by Crippen LogP contribution is -2.30. The number of benzene rings is 1. The van der Waals surface area contributed by atoms with Crippen LogP contribution in [0.2, 0.25) is 5.15 Å². The minimum atomic E-state index is -0.708. The topological polar surface area (TPSA) is 122 Å². The van der Waals surface area contributed by atoms with E-state index >= 15 is 0 Å². The molecule has 2 heterocycles.